The predicted octanol–water partition coefficient (Wildman–Crippen LogP) is 3.16. The summed E-state index contributed by atoms with van der Waals surface area (Å²) in [6.45, 7) is 3.01. The van der Waals surface area contributed by atoms with E-state index >= 15 is 0 Å². The third kappa shape index (κ3) is 3.08. The molecule has 1 aliphatic heterocycles. The number of oxazole rings is 1. The fraction of sp³-hybridized carbons (Fsp3) is 0.273. The quantitative estimate of drug-likeness (QED) is 0.527. The molecule has 1 saturated heterocycles. The van der Waals surface area contributed by atoms with E-state index in [1.807, 2.05) is 37.3 Å². The molecule has 0 atom stereocenters. The van der Waals surface area contributed by atoms with E-state index in [-0.39, 0.29) is 22.9 Å². The number of likely N-dealkylation sites (tertiary alicyclic amines) is 1. The Balaban J connectivity index is 1.35. The summed E-state index contributed by atoms with van der Waals surface area (Å²) in [6.07, 6.45) is 4.60. The lowest BCUT2D eigenvalue weighted by molar-refractivity contribution is 0.0704. The van der Waals surface area contributed by atoms with Gasteiger partial charge in [-0.1, -0.05) is 18.2 Å². The Morgan fingerprint density at radius 2 is 1.93 bits per heavy atom. The molecular weight excluding hydrogens is 368 g/mol. The molecule has 3 aromatic heterocycles. The number of pyridine rings is 1. The molecule has 0 bridgehead atoms. The largest absolute Gasteiger partial charge is 0.440 e. The van der Waals surface area contributed by atoms with Gasteiger partial charge >= 0.3 is 0 Å². The van der Waals surface area contributed by atoms with Crippen molar-refractivity contribution in [2.24, 2.45) is 0 Å². The molecule has 0 radical (unpaired) electrons. The van der Waals surface area contributed by atoms with Crippen LogP contribution in [0, 0.1) is 6.92 Å². The molecule has 1 aromatic carbocycles. The number of amides is 1. The lowest BCUT2D eigenvalue weighted by atomic mass is 9.96. The van der Waals surface area contributed by atoms with Crippen LogP contribution in [0.5, 0.6) is 0 Å². The molecule has 4 heterocycles. The van der Waals surface area contributed by atoms with Crippen LogP contribution in [0.1, 0.15) is 40.6 Å². The summed E-state index contributed by atoms with van der Waals surface area (Å²) in [5.74, 6) is 0.626. The van der Waals surface area contributed by atoms with E-state index in [1.165, 1.54) is 10.6 Å². The fourth-order valence-electron chi connectivity index (χ4n) is 3.89. The Bertz CT molecular complexity index is 1250. The normalized spacial score (nSPS) is 15.3. The summed E-state index contributed by atoms with van der Waals surface area (Å²) in [5.41, 5.74) is 2.88. The third-order valence-electron chi connectivity index (χ3n) is 5.52. The number of piperidine rings is 1. The molecule has 0 N–H and O–H groups in total. The highest BCUT2D eigenvalue weighted by Crippen LogP contribution is 2.30. The van der Waals surface area contributed by atoms with Crippen molar-refractivity contribution < 1.29 is 9.21 Å². The van der Waals surface area contributed by atoms with E-state index in [2.05, 4.69) is 9.97 Å². The molecule has 7 heteroatoms. The molecule has 0 unspecified atom stereocenters. The highest BCUT2D eigenvalue weighted by atomic mass is 16.3. The first kappa shape index (κ1) is 17.6. The number of hydrogen-bond donors (Lipinski definition) is 0. The van der Waals surface area contributed by atoms with E-state index in [4.69, 9.17) is 4.42 Å². The van der Waals surface area contributed by atoms with Gasteiger partial charge in [-0.2, -0.15) is 0 Å². The number of carbonyl (C=O) groups is 1. The van der Waals surface area contributed by atoms with Crippen LogP contribution in [0.15, 0.2) is 58.0 Å². The minimum Gasteiger partial charge on any atom is -0.440 e. The van der Waals surface area contributed by atoms with E-state index in [9.17, 15) is 9.59 Å². The highest BCUT2D eigenvalue weighted by Gasteiger charge is 2.29. The van der Waals surface area contributed by atoms with E-state index < -0.39 is 0 Å². The molecule has 0 aliphatic carbocycles. The number of aromatic nitrogens is 3. The van der Waals surface area contributed by atoms with Gasteiger partial charge in [0.05, 0.1) is 0 Å². The Morgan fingerprint density at radius 3 is 2.72 bits per heavy atom. The van der Waals surface area contributed by atoms with E-state index in [0.29, 0.717) is 18.7 Å². The Labute approximate surface area is 166 Å². The van der Waals surface area contributed by atoms with Crippen LogP contribution >= 0.6 is 0 Å². The molecule has 1 aliphatic rings. The SMILES string of the molecule is Cc1ccc2ncc(C(=O)N3CCC(c4nc5ccccc5o4)CC3)c(=O)n2c1. The van der Waals surface area contributed by atoms with Crippen LogP contribution in [-0.4, -0.2) is 38.3 Å². The second kappa shape index (κ2) is 6.84. The van der Waals surface area contributed by atoms with Crippen LogP contribution in [0.3, 0.4) is 0 Å². The number of rotatable bonds is 2. The van der Waals surface area contributed by atoms with Crippen molar-refractivity contribution >= 4 is 22.7 Å². The number of aryl methyl sites for hydroxylation is 1. The van der Waals surface area contributed by atoms with E-state index in [1.54, 1.807) is 17.2 Å². The molecule has 5 rings (SSSR count). The van der Waals surface area contributed by atoms with Gasteiger partial charge in [-0.15, -0.1) is 0 Å². The van der Waals surface area contributed by atoms with Crippen LogP contribution in [0.4, 0.5) is 0 Å². The maximum atomic E-state index is 13.0. The Hall–Kier alpha value is -3.48. The van der Waals surface area contributed by atoms with Crippen LogP contribution in [0.2, 0.25) is 0 Å². The van der Waals surface area contributed by atoms with Crippen molar-refractivity contribution in [1.82, 2.24) is 19.3 Å². The molecule has 4 aromatic rings. The molecule has 7 nitrogen and oxygen atoms in total. The van der Waals surface area contributed by atoms with Gasteiger partial charge in [-0.05, 0) is 43.5 Å². The zero-order valence-corrected chi connectivity index (χ0v) is 16.0. The second-order valence-electron chi connectivity index (χ2n) is 7.50. The summed E-state index contributed by atoms with van der Waals surface area (Å²) < 4.78 is 7.33. The van der Waals surface area contributed by atoms with Crippen molar-refractivity contribution in [3.05, 3.63) is 76.2 Å². The van der Waals surface area contributed by atoms with Gasteiger partial charge in [-0.25, -0.2) is 9.97 Å². The van der Waals surface area contributed by atoms with Gasteiger partial charge in [0.25, 0.3) is 11.5 Å². The number of nitrogens with zero attached hydrogens (tertiary/aromatic N) is 4. The van der Waals surface area contributed by atoms with Gasteiger partial charge in [0.1, 0.15) is 16.7 Å². The van der Waals surface area contributed by atoms with Gasteiger partial charge in [0.15, 0.2) is 11.5 Å². The maximum Gasteiger partial charge on any atom is 0.270 e. The number of hydrogen-bond acceptors (Lipinski definition) is 5. The monoisotopic (exact) mass is 388 g/mol. The van der Waals surface area contributed by atoms with Crippen molar-refractivity contribution in [1.29, 1.82) is 0 Å². The van der Waals surface area contributed by atoms with Crippen LogP contribution in [-0.2, 0) is 0 Å². The Kier molecular flexibility index (Phi) is 4.16. The van der Waals surface area contributed by atoms with Crippen LogP contribution in [0.25, 0.3) is 16.7 Å². The summed E-state index contributed by atoms with van der Waals surface area (Å²) in [6, 6.07) is 11.4. The van der Waals surface area contributed by atoms with Crippen molar-refractivity contribution in [2.75, 3.05) is 13.1 Å². The first-order chi connectivity index (χ1) is 14.1. The predicted molar refractivity (Wildman–Crippen MR) is 108 cm³/mol. The molecular formula is C22H20N4O3. The zero-order chi connectivity index (χ0) is 20.0. The minimum atomic E-state index is -0.329. The number of carbonyl (C=O) groups excluding carboxylic acids is 1. The molecule has 29 heavy (non-hydrogen) atoms. The second-order valence-corrected chi connectivity index (χ2v) is 7.50. The van der Waals surface area contributed by atoms with E-state index in [0.717, 1.165) is 35.4 Å². The topological polar surface area (TPSA) is 80.7 Å². The van der Waals surface area contributed by atoms with Crippen LogP contribution < -0.4 is 5.56 Å². The first-order valence-corrected chi connectivity index (χ1v) is 9.73. The summed E-state index contributed by atoms with van der Waals surface area (Å²) in [4.78, 5) is 36.4. The van der Waals surface area contributed by atoms with Crippen molar-refractivity contribution in [2.45, 2.75) is 25.7 Å². The molecule has 1 fully saturated rings. The van der Waals surface area contributed by atoms with Gasteiger partial charge in [-0.3, -0.25) is 14.0 Å². The first-order valence-electron chi connectivity index (χ1n) is 9.73. The standard InChI is InChI=1S/C22H20N4O3/c1-14-6-7-19-23-12-16(22(28)26(19)13-14)21(27)25-10-8-15(9-11-25)20-24-17-4-2-3-5-18(17)29-20/h2-7,12-13,15H,8-11H2,1H3. The average molecular weight is 388 g/mol. The smallest absolute Gasteiger partial charge is 0.270 e. The van der Waals surface area contributed by atoms with Gasteiger partial charge in [0, 0.05) is 31.4 Å². The van der Waals surface area contributed by atoms with Gasteiger partial charge < -0.3 is 9.32 Å². The summed E-state index contributed by atoms with van der Waals surface area (Å²) >= 11 is 0. The third-order valence-corrected chi connectivity index (χ3v) is 5.52. The lowest BCUT2D eigenvalue weighted by Gasteiger charge is -2.30. The summed E-state index contributed by atoms with van der Waals surface area (Å²) in [5, 5.41) is 0. The molecule has 146 valence electrons. The number of benzene rings is 1. The maximum absolute atomic E-state index is 13.0. The highest BCUT2D eigenvalue weighted by molar-refractivity contribution is 5.93. The molecule has 1 amide bonds. The number of para-hydroxylation sites is 2. The molecule has 0 saturated carbocycles. The van der Waals surface area contributed by atoms with Crippen molar-refractivity contribution in [3.63, 3.8) is 0 Å². The fourth-order valence-corrected chi connectivity index (χ4v) is 3.89. The van der Waals surface area contributed by atoms with Gasteiger partial charge in [0.2, 0.25) is 0 Å². The summed E-state index contributed by atoms with van der Waals surface area (Å²) in [7, 11) is 0. The lowest BCUT2D eigenvalue weighted by Crippen LogP contribution is -2.40. The molecule has 0 spiro atoms. The average Bonchev–Trinajstić information content (AvgIpc) is 3.18. The Morgan fingerprint density at radius 1 is 1.14 bits per heavy atom. The van der Waals surface area contributed by atoms with Crippen molar-refractivity contribution in [3.8, 4) is 0 Å². The zero-order valence-electron chi connectivity index (χ0n) is 16.0. The minimum absolute atomic E-state index is 0.105. The number of fused-ring (bicyclic) bond motifs is 2.